The Morgan fingerprint density at radius 1 is 1.20 bits per heavy atom. The van der Waals surface area contributed by atoms with E-state index < -0.39 is 29.7 Å². The summed E-state index contributed by atoms with van der Waals surface area (Å²) in [4.78, 5) is 28.2. The molecule has 10 heteroatoms. The van der Waals surface area contributed by atoms with E-state index in [2.05, 4.69) is 0 Å². The SMILES string of the molecule is CC(C)C[C@H](C(=O)N1CCN(c2ccc(C(F)(F)F)cc2)C[C@H]1C)[C@H](O)C(=O)NO. The van der Waals surface area contributed by atoms with Gasteiger partial charge in [0, 0.05) is 31.4 Å². The summed E-state index contributed by atoms with van der Waals surface area (Å²) in [6.07, 6.45) is -5.81. The van der Waals surface area contributed by atoms with Crippen molar-refractivity contribution in [3.63, 3.8) is 0 Å². The summed E-state index contributed by atoms with van der Waals surface area (Å²) in [5.74, 6) is -2.40. The van der Waals surface area contributed by atoms with Crippen LogP contribution in [0.2, 0.25) is 0 Å². The van der Waals surface area contributed by atoms with E-state index in [0.717, 1.165) is 12.1 Å². The number of rotatable bonds is 6. The molecule has 0 saturated carbocycles. The normalized spacial score (nSPS) is 19.6. The van der Waals surface area contributed by atoms with E-state index in [1.165, 1.54) is 17.6 Å². The number of aliphatic hydroxyl groups excluding tert-OH is 1. The maximum Gasteiger partial charge on any atom is 0.416 e. The number of halogens is 3. The molecular formula is C20H28F3N3O4. The number of carbonyl (C=O) groups is 2. The standard InChI is InChI=1S/C20H28F3N3O4/c1-12(2)10-16(17(27)18(28)24-30)19(29)26-9-8-25(11-13(26)3)15-6-4-14(5-7-15)20(21,22)23/h4-7,12-13,16-17,27,30H,8-11H2,1-3H3,(H,24,28)/t13-,16+,17+/m1/s1. The molecule has 168 valence electrons. The number of benzene rings is 1. The van der Waals surface area contributed by atoms with E-state index >= 15 is 0 Å². The van der Waals surface area contributed by atoms with Crippen LogP contribution in [-0.2, 0) is 15.8 Å². The predicted octanol–water partition coefficient (Wildman–Crippen LogP) is 2.27. The van der Waals surface area contributed by atoms with Crippen LogP contribution >= 0.6 is 0 Å². The van der Waals surface area contributed by atoms with Crippen molar-refractivity contribution in [2.24, 2.45) is 11.8 Å². The van der Waals surface area contributed by atoms with E-state index in [9.17, 15) is 27.9 Å². The number of aliphatic hydroxyl groups is 1. The van der Waals surface area contributed by atoms with Gasteiger partial charge in [-0.25, -0.2) is 5.48 Å². The molecule has 0 spiro atoms. The molecule has 7 nitrogen and oxygen atoms in total. The first-order valence-corrected chi connectivity index (χ1v) is 9.80. The Morgan fingerprint density at radius 3 is 2.27 bits per heavy atom. The van der Waals surface area contributed by atoms with Crippen LogP contribution in [0.1, 0.15) is 32.8 Å². The van der Waals surface area contributed by atoms with Crippen LogP contribution in [0.4, 0.5) is 18.9 Å². The first-order chi connectivity index (χ1) is 14.0. The molecule has 1 fully saturated rings. The fourth-order valence-electron chi connectivity index (χ4n) is 3.72. The topological polar surface area (TPSA) is 93.1 Å². The largest absolute Gasteiger partial charge is 0.416 e. The van der Waals surface area contributed by atoms with Crippen molar-refractivity contribution in [1.29, 1.82) is 0 Å². The van der Waals surface area contributed by atoms with Gasteiger partial charge in [-0.1, -0.05) is 13.8 Å². The van der Waals surface area contributed by atoms with Gasteiger partial charge in [0.2, 0.25) is 5.91 Å². The lowest BCUT2D eigenvalue weighted by Gasteiger charge is -2.42. The minimum Gasteiger partial charge on any atom is -0.382 e. The summed E-state index contributed by atoms with van der Waals surface area (Å²) in [6, 6.07) is 4.58. The fraction of sp³-hybridized carbons (Fsp3) is 0.600. The molecule has 1 aliphatic heterocycles. The molecule has 2 rings (SSSR count). The van der Waals surface area contributed by atoms with E-state index in [0.29, 0.717) is 25.3 Å². The minimum absolute atomic E-state index is 0.0313. The Labute approximate surface area is 173 Å². The monoisotopic (exact) mass is 431 g/mol. The van der Waals surface area contributed by atoms with E-state index in [-0.39, 0.29) is 24.3 Å². The lowest BCUT2D eigenvalue weighted by atomic mass is 9.89. The number of hydrogen-bond donors (Lipinski definition) is 3. The number of piperazine rings is 1. The van der Waals surface area contributed by atoms with Crippen LogP contribution in [0.25, 0.3) is 0 Å². The average molecular weight is 431 g/mol. The van der Waals surface area contributed by atoms with Crippen LogP contribution in [0.5, 0.6) is 0 Å². The summed E-state index contributed by atoms with van der Waals surface area (Å²) >= 11 is 0. The van der Waals surface area contributed by atoms with Gasteiger partial charge in [-0.15, -0.1) is 0 Å². The molecule has 2 amide bonds. The summed E-state index contributed by atoms with van der Waals surface area (Å²) in [6.45, 7) is 6.61. The number of hydroxylamine groups is 1. The third-order valence-electron chi connectivity index (χ3n) is 5.27. The molecule has 3 N–H and O–H groups in total. The molecular weight excluding hydrogens is 403 g/mol. The molecule has 1 saturated heterocycles. The van der Waals surface area contributed by atoms with Crippen molar-refractivity contribution in [2.75, 3.05) is 24.5 Å². The Kier molecular flexibility index (Phi) is 7.70. The van der Waals surface area contributed by atoms with E-state index in [4.69, 9.17) is 5.21 Å². The molecule has 1 heterocycles. The number of nitrogens with one attached hydrogen (secondary N) is 1. The second-order valence-electron chi connectivity index (χ2n) is 8.03. The van der Waals surface area contributed by atoms with Gasteiger partial charge in [-0.05, 0) is 43.5 Å². The maximum atomic E-state index is 13.1. The number of carbonyl (C=O) groups excluding carboxylic acids is 2. The number of hydrogen-bond acceptors (Lipinski definition) is 5. The van der Waals surface area contributed by atoms with E-state index in [1.54, 1.807) is 11.8 Å². The highest BCUT2D eigenvalue weighted by molar-refractivity contribution is 5.89. The minimum atomic E-state index is -4.40. The molecule has 0 unspecified atom stereocenters. The maximum absolute atomic E-state index is 13.1. The zero-order valence-corrected chi connectivity index (χ0v) is 17.2. The van der Waals surface area contributed by atoms with Crippen molar-refractivity contribution in [2.45, 2.75) is 45.5 Å². The van der Waals surface area contributed by atoms with Crippen LogP contribution < -0.4 is 10.4 Å². The van der Waals surface area contributed by atoms with Crippen LogP contribution in [-0.4, -0.2) is 58.8 Å². The predicted molar refractivity (Wildman–Crippen MR) is 104 cm³/mol. The van der Waals surface area contributed by atoms with Crippen LogP contribution in [0.15, 0.2) is 24.3 Å². The third kappa shape index (κ3) is 5.63. The summed E-state index contributed by atoms with van der Waals surface area (Å²) in [7, 11) is 0. The van der Waals surface area contributed by atoms with E-state index in [1.807, 2.05) is 18.7 Å². The molecule has 0 aromatic heterocycles. The second kappa shape index (κ2) is 9.65. The molecule has 30 heavy (non-hydrogen) atoms. The fourth-order valence-corrected chi connectivity index (χ4v) is 3.72. The van der Waals surface area contributed by atoms with Crippen molar-refractivity contribution in [3.05, 3.63) is 29.8 Å². The molecule has 0 radical (unpaired) electrons. The zero-order valence-electron chi connectivity index (χ0n) is 17.2. The lowest BCUT2D eigenvalue weighted by Crippen LogP contribution is -2.57. The molecule has 1 aromatic rings. The van der Waals surface area contributed by atoms with Gasteiger partial charge in [0.25, 0.3) is 5.91 Å². The quantitative estimate of drug-likeness (QED) is 0.475. The number of alkyl halides is 3. The highest BCUT2D eigenvalue weighted by Gasteiger charge is 2.38. The van der Waals surface area contributed by atoms with Crippen molar-refractivity contribution >= 4 is 17.5 Å². The second-order valence-corrected chi connectivity index (χ2v) is 8.03. The van der Waals surface area contributed by atoms with Gasteiger partial charge in [0.1, 0.15) is 6.10 Å². The Balaban J connectivity index is 2.11. The number of amides is 2. The van der Waals surface area contributed by atoms with Gasteiger partial charge >= 0.3 is 6.18 Å². The lowest BCUT2D eigenvalue weighted by molar-refractivity contribution is -0.152. The van der Waals surface area contributed by atoms with Gasteiger partial charge in [-0.2, -0.15) is 13.2 Å². The van der Waals surface area contributed by atoms with Crippen molar-refractivity contribution < 1.29 is 33.1 Å². The Bertz CT molecular complexity index is 740. The first kappa shape index (κ1) is 23.9. The van der Waals surface area contributed by atoms with Gasteiger partial charge < -0.3 is 14.9 Å². The molecule has 0 bridgehead atoms. The number of nitrogens with zero attached hydrogens (tertiary/aromatic N) is 2. The summed E-state index contributed by atoms with van der Waals surface area (Å²) < 4.78 is 38.3. The highest BCUT2D eigenvalue weighted by atomic mass is 19.4. The average Bonchev–Trinajstić information content (AvgIpc) is 2.69. The molecule has 1 aliphatic rings. The van der Waals surface area contributed by atoms with Gasteiger partial charge in [0.15, 0.2) is 0 Å². The third-order valence-corrected chi connectivity index (χ3v) is 5.27. The summed E-state index contributed by atoms with van der Waals surface area (Å²) in [5, 5.41) is 19.0. The van der Waals surface area contributed by atoms with Gasteiger partial charge in [0.05, 0.1) is 11.5 Å². The van der Waals surface area contributed by atoms with Crippen LogP contribution in [0.3, 0.4) is 0 Å². The Hall–Kier alpha value is -2.33. The summed E-state index contributed by atoms with van der Waals surface area (Å²) in [5.41, 5.74) is 1.29. The van der Waals surface area contributed by atoms with Crippen LogP contribution in [0, 0.1) is 11.8 Å². The molecule has 0 aliphatic carbocycles. The smallest absolute Gasteiger partial charge is 0.382 e. The Morgan fingerprint density at radius 2 is 1.80 bits per heavy atom. The van der Waals surface area contributed by atoms with Gasteiger partial charge in [-0.3, -0.25) is 14.8 Å². The van der Waals surface area contributed by atoms with Crippen molar-refractivity contribution in [3.8, 4) is 0 Å². The highest BCUT2D eigenvalue weighted by Crippen LogP contribution is 2.31. The zero-order chi connectivity index (χ0) is 22.6. The number of anilines is 1. The first-order valence-electron chi connectivity index (χ1n) is 9.80. The molecule has 3 atom stereocenters. The molecule has 1 aromatic carbocycles. The van der Waals surface area contributed by atoms with Crippen molar-refractivity contribution in [1.82, 2.24) is 10.4 Å².